The van der Waals surface area contributed by atoms with Crippen LogP contribution in [0.15, 0.2) is 24.4 Å². The molecule has 0 radical (unpaired) electrons. The molecule has 0 saturated heterocycles. The van der Waals surface area contributed by atoms with Gasteiger partial charge in [-0.1, -0.05) is 0 Å². The van der Waals surface area contributed by atoms with Gasteiger partial charge in [-0.15, -0.1) is 0 Å². The van der Waals surface area contributed by atoms with E-state index < -0.39 is 0 Å². The van der Waals surface area contributed by atoms with E-state index in [0.717, 1.165) is 31.7 Å². The highest BCUT2D eigenvalue weighted by Gasteiger charge is 2.08. The fourth-order valence-corrected chi connectivity index (χ4v) is 2.29. The molecule has 4 heteroatoms. The third kappa shape index (κ3) is 2.49. The Balaban J connectivity index is 2.45. The molecule has 0 amide bonds. The van der Waals surface area contributed by atoms with Gasteiger partial charge in [0.15, 0.2) is 0 Å². The standard InChI is InChI=1S/C14H21N3O/c1-18-12-4-5-13-11(3-2-6-15)10-17(8-7-16)14(13)9-12/h4-5,9-10H,2-3,6-8,15-16H2,1H3. The zero-order valence-electron chi connectivity index (χ0n) is 10.9. The van der Waals surface area contributed by atoms with Crippen molar-refractivity contribution in [1.29, 1.82) is 0 Å². The van der Waals surface area contributed by atoms with E-state index in [-0.39, 0.29) is 0 Å². The minimum atomic E-state index is 0.636. The molecule has 18 heavy (non-hydrogen) atoms. The van der Waals surface area contributed by atoms with E-state index in [1.54, 1.807) is 7.11 Å². The fourth-order valence-electron chi connectivity index (χ4n) is 2.29. The molecule has 0 aliphatic heterocycles. The van der Waals surface area contributed by atoms with Crippen molar-refractivity contribution >= 4 is 10.9 Å². The van der Waals surface area contributed by atoms with Gasteiger partial charge in [0, 0.05) is 30.7 Å². The number of nitrogens with two attached hydrogens (primary N) is 2. The Morgan fingerprint density at radius 3 is 2.72 bits per heavy atom. The molecule has 0 fully saturated rings. The maximum atomic E-state index is 5.66. The summed E-state index contributed by atoms with van der Waals surface area (Å²) >= 11 is 0. The van der Waals surface area contributed by atoms with Gasteiger partial charge in [-0.05, 0) is 37.1 Å². The van der Waals surface area contributed by atoms with Gasteiger partial charge in [-0.3, -0.25) is 0 Å². The lowest BCUT2D eigenvalue weighted by molar-refractivity contribution is 0.415. The zero-order chi connectivity index (χ0) is 13.0. The van der Waals surface area contributed by atoms with Crippen molar-refractivity contribution in [3.8, 4) is 5.75 Å². The highest BCUT2D eigenvalue weighted by Crippen LogP contribution is 2.26. The van der Waals surface area contributed by atoms with Crippen LogP contribution in [0.25, 0.3) is 10.9 Å². The Kier molecular flexibility index (Phi) is 4.23. The molecule has 0 spiro atoms. The Morgan fingerprint density at radius 1 is 1.22 bits per heavy atom. The lowest BCUT2D eigenvalue weighted by Crippen LogP contribution is -2.08. The largest absolute Gasteiger partial charge is 0.497 e. The summed E-state index contributed by atoms with van der Waals surface area (Å²) in [5.41, 5.74) is 13.8. The second-order valence-electron chi connectivity index (χ2n) is 4.41. The highest BCUT2D eigenvalue weighted by molar-refractivity contribution is 5.85. The number of aromatic nitrogens is 1. The maximum absolute atomic E-state index is 5.66. The Hall–Kier alpha value is -1.52. The molecule has 4 N–H and O–H groups in total. The molecule has 0 bridgehead atoms. The summed E-state index contributed by atoms with van der Waals surface area (Å²) in [5.74, 6) is 0.879. The topological polar surface area (TPSA) is 66.2 Å². The van der Waals surface area contributed by atoms with Gasteiger partial charge < -0.3 is 20.8 Å². The summed E-state index contributed by atoms with van der Waals surface area (Å²) < 4.78 is 7.48. The zero-order valence-corrected chi connectivity index (χ0v) is 10.9. The van der Waals surface area contributed by atoms with Crippen molar-refractivity contribution in [2.24, 2.45) is 11.5 Å². The van der Waals surface area contributed by atoms with Gasteiger partial charge in [0.05, 0.1) is 12.6 Å². The summed E-state index contributed by atoms with van der Waals surface area (Å²) in [6, 6.07) is 6.19. The van der Waals surface area contributed by atoms with Crippen LogP contribution in [0.4, 0.5) is 0 Å². The van der Waals surface area contributed by atoms with E-state index in [4.69, 9.17) is 16.2 Å². The molecule has 2 rings (SSSR count). The van der Waals surface area contributed by atoms with Crippen LogP contribution in [0.1, 0.15) is 12.0 Å². The lowest BCUT2D eigenvalue weighted by atomic mass is 10.1. The van der Waals surface area contributed by atoms with Crippen LogP contribution in [0, 0.1) is 0 Å². The van der Waals surface area contributed by atoms with Crippen LogP contribution in [0.3, 0.4) is 0 Å². The van der Waals surface area contributed by atoms with Crippen molar-refractivity contribution < 1.29 is 4.74 Å². The molecular weight excluding hydrogens is 226 g/mol. The summed E-state index contributed by atoms with van der Waals surface area (Å²) in [6.45, 7) is 2.18. The third-order valence-corrected chi connectivity index (χ3v) is 3.19. The van der Waals surface area contributed by atoms with E-state index >= 15 is 0 Å². The van der Waals surface area contributed by atoms with E-state index in [2.05, 4.69) is 22.9 Å². The molecule has 0 saturated carbocycles. The van der Waals surface area contributed by atoms with Crippen molar-refractivity contribution in [2.75, 3.05) is 20.2 Å². The van der Waals surface area contributed by atoms with E-state index in [1.165, 1.54) is 16.5 Å². The summed E-state index contributed by atoms with van der Waals surface area (Å²) in [4.78, 5) is 0. The maximum Gasteiger partial charge on any atom is 0.120 e. The van der Waals surface area contributed by atoms with E-state index in [9.17, 15) is 0 Å². The molecule has 0 atom stereocenters. The van der Waals surface area contributed by atoms with Crippen molar-refractivity contribution in [3.05, 3.63) is 30.0 Å². The van der Waals surface area contributed by atoms with Crippen LogP contribution < -0.4 is 16.2 Å². The number of nitrogens with zero attached hydrogens (tertiary/aromatic N) is 1. The smallest absolute Gasteiger partial charge is 0.120 e. The number of hydrogen-bond donors (Lipinski definition) is 2. The molecule has 0 aliphatic rings. The molecule has 98 valence electrons. The summed E-state index contributed by atoms with van der Waals surface area (Å²) in [7, 11) is 1.69. The number of fused-ring (bicyclic) bond motifs is 1. The normalized spacial score (nSPS) is 11.1. The quantitative estimate of drug-likeness (QED) is 0.813. The van der Waals surface area contributed by atoms with Crippen LogP contribution in [-0.2, 0) is 13.0 Å². The van der Waals surface area contributed by atoms with Crippen molar-refractivity contribution in [3.63, 3.8) is 0 Å². The van der Waals surface area contributed by atoms with Gasteiger partial charge in [-0.2, -0.15) is 0 Å². The summed E-state index contributed by atoms with van der Waals surface area (Å²) in [6.07, 6.45) is 4.21. The SMILES string of the molecule is COc1ccc2c(CCCN)cn(CCN)c2c1. The van der Waals surface area contributed by atoms with Crippen LogP contribution in [0.2, 0.25) is 0 Å². The average molecular weight is 247 g/mol. The minimum Gasteiger partial charge on any atom is -0.497 e. The first-order valence-electron chi connectivity index (χ1n) is 6.36. The van der Waals surface area contributed by atoms with E-state index in [1.807, 2.05) is 6.07 Å². The molecule has 0 unspecified atom stereocenters. The number of rotatable bonds is 6. The molecule has 1 heterocycles. The number of methoxy groups -OCH3 is 1. The number of aryl methyl sites for hydroxylation is 1. The highest BCUT2D eigenvalue weighted by atomic mass is 16.5. The molecule has 1 aromatic carbocycles. The summed E-state index contributed by atoms with van der Waals surface area (Å²) in [5, 5.41) is 1.28. The van der Waals surface area contributed by atoms with Crippen LogP contribution in [0.5, 0.6) is 5.75 Å². The number of ether oxygens (including phenoxy) is 1. The average Bonchev–Trinajstić information content (AvgIpc) is 2.74. The van der Waals surface area contributed by atoms with Gasteiger partial charge >= 0.3 is 0 Å². The first-order valence-corrected chi connectivity index (χ1v) is 6.36. The minimum absolute atomic E-state index is 0.636. The van der Waals surface area contributed by atoms with Gasteiger partial charge in [0.2, 0.25) is 0 Å². The van der Waals surface area contributed by atoms with E-state index in [0.29, 0.717) is 6.54 Å². The van der Waals surface area contributed by atoms with Crippen molar-refractivity contribution in [2.45, 2.75) is 19.4 Å². The molecule has 1 aromatic heterocycles. The molecular formula is C14H21N3O. The molecule has 4 nitrogen and oxygen atoms in total. The Bertz CT molecular complexity index is 519. The predicted octanol–water partition coefficient (Wildman–Crippen LogP) is 1.50. The molecule has 2 aromatic rings. The molecule has 0 aliphatic carbocycles. The Morgan fingerprint density at radius 2 is 2.06 bits per heavy atom. The third-order valence-electron chi connectivity index (χ3n) is 3.19. The first kappa shape index (κ1) is 12.9. The lowest BCUT2D eigenvalue weighted by Gasteiger charge is -2.04. The first-order chi connectivity index (χ1) is 8.80. The second kappa shape index (κ2) is 5.89. The van der Waals surface area contributed by atoms with Crippen molar-refractivity contribution in [1.82, 2.24) is 4.57 Å². The van der Waals surface area contributed by atoms with Gasteiger partial charge in [0.25, 0.3) is 0 Å². The monoisotopic (exact) mass is 247 g/mol. The predicted molar refractivity (Wildman–Crippen MR) is 74.9 cm³/mol. The fraction of sp³-hybridized carbons (Fsp3) is 0.429. The number of hydrogen-bond acceptors (Lipinski definition) is 3. The van der Waals surface area contributed by atoms with Crippen LogP contribution in [-0.4, -0.2) is 24.8 Å². The van der Waals surface area contributed by atoms with Gasteiger partial charge in [0.1, 0.15) is 5.75 Å². The van der Waals surface area contributed by atoms with Gasteiger partial charge in [-0.25, -0.2) is 0 Å². The number of benzene rings is 1. The van der Waals surface area contributed by atoms with Crippen LogP contribution >= 0.6 is 0 Å². The Labute approximate surface area is 108 Å². The second-order valence-corrected chi connectivity index (χ2v) is 4.41.